The van der Waals surface area contributed by atoms with Gasteiger partial charge in [-0.3, -0.25) is 9.69 Å². The van der Waals surface area contributed by atoms with Crippen LogP contribution in [0.25, 0.3) is 0 Å². The van der Waals surface area contributed by atoms with E-state index >= 15 is 0 Å². The Labute approximate surface area is 129 Å². The maximum Gasteiger partial charge on any atom is 0.252 e. The maximum atomic E-state index is 12.1. The van der Waals surface area contributed by atoms with Gasteiger partial charge in [-0.05, 0) is 31.6 Å². The molecule has 1 aliphatic carbocycles. The lowest BCUT2D eigenvalue weighted by molar-refractivity contribution is -0.146. The molecule has 2 aliphatic rings. The maximum absolute atomic E-state index is 12.1. The summed E-state index contributed by atoms with van der Waals surface area (Å²) < 4.78 is 5.65. The quantitative estimate of drug-likeness (QED) is 0.749. The molecule has 0 unspecified atom stereocenters. The molecule has 120 valence electrons. The number of carbonyl (C=O) groups excluding carboxylic acids is 1. The van der Waals surface area contributed by atoms with Crippen LogP contribution in [0.15, 0.2) is 11.1 Å². The third kappa shape index (κ3) is 3.86. The zero-order valence-electron chi connectivity index (χ0n) is 14.2. The van der Waals surface area contributed by atoms with Crippen molar-refractivity contribution < 1.29 is 9.53 Å². The highest BCUT2D eigenvalue weighted by Gasteiger charge is 2.33. The van der Waals surface area contributed by atoms with Gasteiger partial charge in [-0.1, -0.05) is 25.0 Å². The van der Waals surface area contributed by atoms with Gasteiger partial charge < -0.3 is 9.64 Å². The summed E-state index contributed by atoms with van der Waals surface area (Å²) in [7, 11) is 3.59. The van der Waals surface area contributed by atoms with E-state index in [2.05, 4.69) is 25.7 Å². The number of hydrogen-bond acceptors (Lipinski definition) is 3. The highest BCUT2D eigenvalue weighted by Crippen LogP contribution is 2.40. The van der Waals surface area contributed by atoms with Crippen LogP contribution in [0, 0.1) is 5.41 Å². The van der Waals surface area contributed by atoms with Gasteiger partial charge in [-0.2, -0.15) is 0 Å². The van der Waals surface area contributed by atoms with Crippen molar-refractivity contribution in [2.45, 2.75) is 46.1 Å². The molecular weight excluding hydrogens is 264 g/mol. The van der Waals surface area contributed by atoms with E-state index in [1.165, 1.54) is 19.3 Å². The zero-order chi connectivity index (χ0) is 15.6. The van der Waals surface area contributed by atoms with Crippen LogP contribution in [0.3, 0.4) is 0 Å². The van der Waals surface area contributed by atoms with Gasteiger partial charge >= 0.3 is 0 Å². The molecule has 1 aliphatic heterocycles. The molecular formula is C17H30N2O2. The lowest BCUT2D eigenvalue weighted by Gasteiger charge is -2.40. The lowest BCUT2D eigenvalue weighted by atomic mass is 9.72. The highest BCUT2D eigenvalue weighted by molar-refractivity contribution is 5.80. The topological polar surface area (TPSA) is 32.8 Å². The molecule has 1 fully saturated rings. The third-order valence-electron chi connectivity index (χ3n) is 4.93. The van der Waals surface area contributed by atoms with Crippen molar-refractivity contribution in [3.05, 3.63) is 11.1 Å². The number of nitrogens with zero attached hydrogens (tertiary/aromatic N) is 2. The molecule has 0 saturated carbocycles. The summed E-state index contributed by atoms with van der Waals surface area (Å²) in [5, 5.41) is 0. The van der Waals surface area contributed by atoms with Crippen molar-refractivity contribution in [2.24, 2.45) is 5.41 Å². The molecule has 1 atom stereocenters. The number of hydrogen-bond donors (Lipinski definition) is 0. The number of likely N-dealkylation sites (N-methyl/N-ethyl adjacent to an activating group) is 1. The van der Waals surface area contributed by atoms with Crippen molar-refractivity contribution in [1.82, 2.24) is 9.80 Å². The molecule has 21 heavy (non-hydrogen) atoms. The van der Waals surface area contributed by atoms with E-state index in [1.54, 1.807) is 30.1 Å². The van der Waals surface area contributed by atoms with Gasteiger partial charge in [0.15, 0.2) is 0 Å². The fourth-order valence-electron chi connectivity index (χ4n) is 3.53. The van der Waals surface area contributed by atoms with Crippen molar-refractivity contribution >= 4 is 5.91 Å². The second-order valence-corrected chi connectivity index (χ2v) is 7.32. The molecule has 1 saturated heterocycles. The molecule has 0 aromatic heterocycles. The molecule has 0 aromatic carbocycles. The summed E-state index contributed by atoms with van der Waals surface area (Å²) in [6.45, 7) is 10.3. The van der Waals surface area contributed by atoms with E-state index < -0.39 is 0 Å². The standard InChI is InChI=1S/C17H30N2O2/c1-13-7-6-8-17(2,3)14(13)11-19-9-10-21-15(12-19)16(20)18(4)5/h15H,6-12H2,1-5H3/t15-/m0/s1. The number of ether oxygens (including phenoxy) is 1. The summed E-state index contributed by atoms with van der Waals surface area (Å²) in [6.07, 6.45) is 3.49. The zero-order valence-corrected chi connectivity index (χ0v) is 14.2. The van der Waals surface area contributed by atoms with Gasteiger partial charge in [0.1, 0.15) is 6.10 Å². The average Bonchev–Trinajstić information content (AvgIpc) is 2.42. The Morgan fingerprint density at radius 1 is 1.43 bits per heavy atom. The summed E-state index contributed by atoms with van der Waals surface area (Å²) in [6, 6.07) is 0. The monoisotopic (exact) mass is 294 g/mol. The Balaban J connectivity index is 2.04. The Bertz CT molecular complexity index is 427. The van der Waals surface area contributed by atoms with Gasteiger partial charge in [0.2, 0.25) is 0 Å². The third-order valence-corrected chi connectivity index (χ3v) is 4.93. The van der Waals surface area contributed by atoms with Crippen molar-refractivity contribution in [3.63, 3.8) is 0 Å². The summed E-state index contributed by atoms with van der Waals surface area (Å²) in [5.74, 6) is 0.0771. The fraction of sp³-hybridized carbons (Fsp3) is 0.824. The molecule has 0 N–H and O–H groups in total. The van der Waals surface area contributed by atoms with Crippen LogP contribution in [0.2, 0.25) is 0 Å². The SMILES string of the molecule is CC1=C(CN2CCO[C@H](C(=O)N(C)C)C2)C(C)(C)CCC1. The van der Waals surface area contributed by atoms with E-state index in [4.69, 9.17) is 4.74 Å². The fourth-order valence-corrected chi connectivity index (χ4v) is 3.53. The molecule has 0 bridgehead atoms. The van der Waals surface area contributed by atoms with E-state index in [0.29, 0.717) is 18.6 Å². The molecule has 4 heteroatoms. The molecule has 0 aromatic rings. The van der Waals surface area contributed by atoms with E-state index in [9.17, 15) is 4.79 Å². The predicted molar refractivity (Wildman–Crippen MR) is 85.2 cm³/mol. The molecule has 1 amide bonds. The van der Waals surface area contributed by atoms with Crippen LogP contribution in [0.4, 0.5) is 0 Å². The predicted octanol–water partition coefficient (Wildman–Crippen LogP) is 2.30. The molecule has 2 rings (SSSR count). The molecule has 0 spiro atoms. The van der Waals surface area contributed by atoms with Crippen LogP contribution in [-0.2, 0) is 9.53 Å². The second-order valence-electron chi connectivity index (χ2n) is 7.32. The van der Waals surface area contributed by atoms with Gasteiger partial charge in [0.25, 0.3) is 5.91 Å². The Kier molecular flexibility index (Phi) is 5.10. The van der Waals surface area contributed by atoms with E-state index in [1.807, 2.05) is 0 Å². The first-order chi connectivity index (χ1) is 9.81. The normalized spacial score (nSPS) is 26.8. The first-order valence-corrected chi connectivity index (χ1v) is 8.05. The number of allylic oxidation sites excluding steroid dienone is 1. The van der Waals surface area contributed by atoms with Gasteiger partial charge in [-0.25, -0.2) is 0 Å². The number of rotatable bonds is 3. The Morgan fingerprint density at radius 2 is 2.14 bits per heavy atom. The smallest absolute Gasteiger partial charge is 0.252 e. The number of carbonyl (C=O) groups is 1. The van der Waals surface area contributed by atoms with Crippen molar-refractivity contribution in [1.29, 1.82) is 0 Å². The summed E-state index contributed by atoms with van der Waals surface area (Å²) in [5.41, 5.74) is 3.42. The van der Waals surface area contributed by atoms with Crippen LogP contribution >= 0.6 is 0 Å². The van der Waals surface area contributed by atoms with E-state index in [0.717, 1.165) is 13.1 Å². The van der Waals surface area contributed by atoms with Gasteiger partial charge in [-0.15, -0.1) is 0 Å². The highest BCUT2D eigenvalue weighted by atomic mass is 16.5. The van der Waals surface area contributed by atoms with Crippen molar-refractivity contribution in [2.75, 3.05) is 40.3 Å². The molecule has 1 heterocycles. The summed E-state index contributed by atoms with van der Waals surface area (Å²) in [4.78, 5) is 16.1. The minimum atomic E-state index is -0.304. The number of morpholine rings is 1. The molecule has 4 nitrogen and oxygen atoms in total. The lowest BCUT2D eigenvalue weighted by Crippen LogP contribution is -2.50. The van der Waals surface area contributed by atoms with Crippen LogP contribution in [0.1, 0.15) is 40.0 Å². The van der Waals surface area contributed by atoms with Crippen LogP contribution in [-0.4, -0.2) is 62.1 Å². The van der Waals surface area contributed by atoms with Crippen LogP contribution in [0.5, 0.6) is 0 Å². The largest absolute Gasteiger partial charge is 0.366 e. The molecule has 0 radical (unpaired) electrons. The first kappa shape index (κ1) is 16.5. The average molecular weight is 294 g/mol. The minimum absolute atomic E-state index is 0.0771. The summed E-state index contributed by atoms with van der Waals surface area (Å²) >= 11 is 0. The minimum Gasteiger partial charge on any atom is -0.366 e. The second kappa shape index (κ2) is 6.49. The number of amides is 1. The van der Waals surface area contributed by atoms with Gasteiger partial charge in [0, 0.05) is 33.7 Å². The first-order valence-electron chi connectivity index (χ1n) is 8.05. The van der Waals surface area contributed by atoms with E-state index in [-0.39, 0.29) is 12.0 Å². The Morgan fingerprint density at radius 3 is 2.76 bits per heavy atom. The Hall–Kier alpha value is -0.870. The van der Waals surface area contributed by atoms with Crippen LogP contribution < -0.4 is 0 Å². The van der Waals surface area contributed by atoms with Gasteiger partial charge in [0.05, 0.1) is 6.61 Å². The van der Waals surface area contributed by atoms with Crippen molar-refractivity contribution in [3.8, 4) is 0 Å².